The lowest BCUT2D eigenvalue weighted by molar-refractivity contribution is 0.837. The van der Waals surface area contributed by atoms with Crippen LogP contribution in [0.4, 0.5) is 0 Å². The Balaban J connectivity index is 0.998. The highest BCUT2D eigenvalue weighted by Gasteiger charge is 2.29. The summed E-state index contributed by atoms with van der Waals surface area (Å²) < 4.78 is 0. The van der Waals surface area contributed by atoms with Crippen LogP contribution in [0, 0.1) is 0 Å². The maximum atomic E-state index is 5.67. The van der Waals surface area contributed by atoms with Gasteiger partial charge in [0.05, 0.1) is 89.5 Å². The normalized spacial score (nSPS) is 15.8. The van der Waals surface area contributed by atoms with Crippen molar-refractivity contribution in [3.8, 4) is 33.8 Å². The maximum absolute atomic E-state index is 5.67. The molecule has 1 unspecified atom stereocenters. The lowest BCUT2D eigenvalue weighted by atomic mass is 9.92. The molecule has 68 heavy (non-hydrogen) atoms. The number of pyridine rings is 4. The van der Waals surface area contributed by atoms with Gasteiger partial charge in [-0.3, -0.25) is 0 Å². The summed E-state index contributed by atoms with van der Waals surface area (Å²) in [6.45, 7) is 0. The van der Waals surface area contributed by atoms with Gasteiger partial charge < -0.3 is 20.3 Å². The van der Waals surface area contributed by atoms with Gasteiger partial charge in [0.2, 0.25) is 0 Å². The minimum atomic E-state index is -0.0436. The minimum Gasteiger partial charge on any atom is -0.374 e. The molecule has 1 aliphatic carbocycles. The molecular formula is C58H32N10. The Bertz CT molecular complexity index is 4690. The minimum absolute atomic E-state index is 0.0436. The van der Waals surface area contributed by atoms with Crippen molar-refractivity contribution in [1.29, 1.82) is 0 Å². The monoisotopic (exact) mass is 868 g/mol. The van der Waals surface area contributed by atoms with E-state index in [-0.39, 0.29) is 6.04 Å². The summed E-state index contributed by atoms with van der Waals surface area (Å²) in [6.07, 6.45) is 11.6. The molecule has 1 atom stereocenters. The Kier molecular flexibility index (Phi) is 6.35. The van der Waals surface area contributed by atoms with Crippen molar-refractivity contribution in [2.75, 3.05) is 0 Å². The SMILES string of the molecule is C1=CC2=CC3=Cc4cc5cccc(c5[nH]4)-c4ccc5c(n4)c4nc(ccc4c4nc6c7ccc8nc7c7nc(ccc7c6nc54)-c4cccc5cc([nH]c45)Cc4cc5cccc-8c5[nH]4)C(=C1)C2N3. The summed E-state index contributed by atoms with van der Waals surface area (Å²) >= 11 is 0. The fourth-order valence-corrected chi connectivity index (χ4v) is 11.6. The summed E-state index contributed by atoms with van der Waals surface area (Å²) in [4.78, 5) is 44.7. The van der Waals surface area contributed by atoms with Crippen LogP contribution >= 0.6 is 0 Å². The van der Waals surface area contributed by atoms with Crippen LogP contribution in [0.3, 0.4) is 0 Å². The van der Waals surface area contributed by atoms with Crippen molar-refractivity contribution in [2.24, 2.45) is 0 Å². The van der Waals surface area contributed by atoms with Gasteiger partial charge in [-0.15, -0.1) is 0 Å². The van der Waals surface area contributed by atoms with E-state index in [0.717, 1.165) is 173 Å². The Hall–Kier alpha value is -9.28. The Morgan fingerprint density at radius 1 is 0.426 bits per heavy atom. The molecule has 0 amide bonds. The molecule has 0 fully saturated rings. The van der Waals surface area contributed by atoms with Crippen LogP contribution in [0.15, 0.2) is 157 Å². The van der Waals surface area contributed by atoms with Crippen LogP contribution in [0.1, 0.15) is 22.8 Å². The van der Waals surface area contributed by atoms with E-state index in [1.54, 1.807) is 0 Å². The number of hydrogen-bond donors (Lipinski definition) is 4. The van der Waals surface area contributed by atoms with Gasteiger partial charge in [0.1, 0.15) is 0 Å². The molecule has 16 bridgehead atoms. The first-order chi connectivity index (χ1) is 33.6. The quantitative estimate of drug-likeness (QED) is 0.0880. The second-order valence-corrected chi connectivity index (χ2v) is 18.6. The molecule has 0 radical (unpaired) electrons. The number of H-pyrrole nitrogens is 3. The second kappa shape index (κ2) is 12.3. The van der Waals surface area contributed by atoms with Crippen molar-refractivity contribution in [3.63, 3.8) is 0 Å². The summed E-state index contributed by atoms with van der Waals surface area (Å²) in [5, 5.41) is 10.7. The average Bonchev–Trinajstić information content (AvgIpc) is 4.19. The molecule has 11 heterocycles. The number of hydrogen-bond acceptors (Lipinski definition) is 7. The van der Waals surface area contributed by atoms with E-state index in [1.165, 1.54) is 5.57 Å². The summed E-state index contributed by atoms with van der Waals surface area (Å²) in [7, 11) is 0. The number of benzene rings is 5. The van der Waals surface area contributed by atoms with Gasteiger partial charge in [-0.25, -0.2) is 29.9 Å². The molecule has 5 aromatic carbocycles. The van der Waals surface area contributed by atoms with Crippen molar-refractivity contribution >= 4 is 110 Å². The van der Waals surface area contributed by atoms with Gasteiger partial charge in [0.25, 0.3) is 0 Å². The highest BCUT2D eigenvalue weighted by molar-refractivity contribution is 6.27. The number of allylic oxidation sites excluding steroid dienone is 3. The first-order valence-electron chi connectivity index (χ1n) is 23.0. The first-order valence-corrected chi connectivity index (χ1v) is 23.0. The van der Waals surface area contributed by atoms with Crippen molar-refractivity contribution in [1.82, 2.24) is 50.2 Å². The van der Waals surface area contributed by atoms with E-state index >= 15 is 0 Å². The number of aromatic nitrogens is 9. The van der Waals surface area contributed by atoms with Crippen molar-refractivity contribution in [2.45, 2.75) is 12.5 Å². The third-order valence-electron chi connectivity index (χ3n) is 14.7. The molecule has 4 aliphatic rings. The van der Waals surface area contributed by atoms with Crippen LogP contribution in [-0.4, -0.2) is 50.9 Å². The van der Waals surface area contributed by atoms with Gasteiger partial charge >= 0.3 is 0 Å². The summed E-state index contributed by atoms with van der Waals surface area (Å²) in [6, 6.07) is 43.0. The molecule has 10 heteroatoms. The van der Waals surface area contributed by atoms with E-state index in [9.17, 15) is 0 Å². The van der Waals surface area contributed by atoms with E-state index < -0.39 is 0 Å². The van der Waals surface area contributed by atoms with Gasteiger partial charge in [0, 0.05) is 89.2 Å². The zero-order valence-electron chi connectivity index (χ0n) is 35.9. The third-order valence-corrected chi connectivity index (χ3v) is 14.7. The number of nitrogens with zero attached hydrogens (tertiary/aromatic N) is 6. The largest absolute Gasteiger partial charge is 0.374 e. The summed E-state index contributed by atoms with van der Waals surface area (Å²) in [5.74, 6) is 0. The number of para-hydroxylation sites is 3. The second-order valence-electron chi connectivity index (χ2n) is 18.6. The van der Waals surface area contributed by atoms with Crippen LogP contribution in [0.25, 0.3) is 144 Å². The molecule has 314 valence electrons. The van der Waals surface area contributed by atoms with Crippen LogP contribution in [-0.2, 0) is 6.42 Å². The molecule has 0 saturated heterocycles. The van der Waals surface area contributed by atoms with Crippen LogP contribution in [0.5, 0.6) is 0 Å². The van der Waals surface area contributed by atoms with Gasteiger partial charge in [-0.1, -0.05) is 72.8 Å². The molecule has 3 aliphatic heterocycles. The van der Waals surface area contributed by atoms with Gasteiger partial charge in [-0.05, 0) is 84.5 Å². The Morgan fingerprint density at radius 2 is 0.882 bits per heavy atom. The Morgan fingerprint density at radius 3 is 1.41 bits per heavy atom. The van der Waals surface area contributed by atoms with E-state index in [2.05, 4.69) is 172 Å². The maximum Gasteiger partial charge on any atom is 0.0996 e. The molecule has 17 rings (SSSR count). The topological polar surface area (TPSA) is 137 Å². The van der Waals surface area contributed by atoms with Crippen LogP contribution < -0.4 is 5.32 Å². The zero-order valence-corrected chi connectivity index (χ0v) is 35.9. The Labute approximate surface area is 384 Å². The molecule has 13 aromatic rings. The van der Waals surface area contributed by atoms with Gasteiger partial charge in [0.15, 0.2) is 0 Å². The molecule has 10 nitrogen and oxygen atoms in total. The van der Waals surface area contributed by atoms with Gasteiger partial charge in [-0.2, -0.15) is 0 Å². The fraction of sp³-hybridized carbons (Fsp3) is 0.0345. The molecule has 8 aromatic heterocycles. The van der Waals surface area contributed by atoms with Crippen LogP contribution in [0.2, 0.25) is 0 Å². The highest BCUT2D eigenvalue weighted by Crippen LogP contribution is 2.42. The predicted molar refractivity (Wildman–Crippen MR) is 273 cm³/mol. The number of fused-ring (bicyclic) bond motifs is 18. The average molecular weight is 869 g/mol. The fourth-order valence-electron chi connectivity index (χ4n) is 11.6. The number of nitrogens with one attached hydrogen (secondary N) is 4. The molecule has 0 spiro atoms. The highest BCUT2D eigenvalue weighted by atomic mass is 15.0. The predicted octanol–water partition coefficient (Wildman–Crippen LogP) is 12.5. The zero-order chi connectivity index (χ0) is 43.9. The molecule has 0 saturated carbocycles. The molecule has 4 N–H and O–H groups in total. The first kappa shape index (κ1) is 35.0. The smallest absolute Gasteiger partial charge is 0.0996 e. The van der Waals surface area contributed by atoms with Crippen molar-refractivity contribution < 1.29 is 0 Å². The number of rotatable bonds is 0. The lowest BCUT2D eigenvalue weighted by Gasteiger charge is -2.21. The third kappa shape index (κ3) is 4.64. The lowest BCUT2D eigenvalue weighted by Crippen LogP contribution is -2.26. The van der Waals surface area contributed by atoms with E-state index in [0.29, 0.717) is 0 Å². The standard InChI is InChI=1S/C58H32N10/c1-5-27-21-31-25-32-22-28-6-2-10-36(48(28)60-32)44-18-14-40-52(64-44)51-39(13-17-43(63-51)35(9-1)47(27)59-31)55-56(40)68-58-42-16-20-46-38-12-4-8-30-24-34(62-50(30)38)26-33-23-29-7-3-11-37(49(29)61-33)45-19-15-41(57(58)67-55)53(65-45)54(42)66-46/h1-25,47,59-62H,26H2. The molecular weight excluding hydrogens is 837 g/mol. The van der Waals surface area contributed by atoms with Crippen molar-refractivity contribution in [3.05, 3.63) is 180 Å². The van der Waals surface area contributed by atoms with E-state index in [4.69, 9.17) is 29.9 Å². The summed E-state index contributed by atoms with van der Waals surface area (Å²) in [5.41, 5.74) is 22.4. The number of aromatic amines is 3. The van der Waals surface area contributed by atoms with E-state index in [1.807, 2.05) is 0 Å².